The summed E-state index contributed by atoms with van der Waals surface area (Å²) in [6.07, 6.45) is -4.37. The van der Waals surface area contributed by atoms with Crippen LogP contribution in [0.1, 0.15) is 38.8 Å². The molecule has 0 aliphatic heterocycles. The number of benzene rings is 2. The number of hydrogen-bond acceptors (Lipinski definition) is 4. The van der Waals surface area contributed by atoms with Crippen molar-refractivity contribution in [3.63, 3.8) is 0 Å². The number of fused-ring (bicyclic) bond motifs is 1. The first-order valence-corrected chi connectivity index (χ1v) is 8.38. The van der Waals surface area contributed by atoms with E-state index >= 15 is 0 Å². The Kier molecular flexibility index (Phi) is 5.02. The highest BCUT2D eigenvalue weighted by molar-refractivity contribution is 6.27. The standard InChI is InChI=1S/C21H17F3O4/c1-11-14(8-12-4-6-13(7-5-12)21(22,23)24)20(26)16-10-18(28-3)17(27-2)9-15(16)19(11)25/h4-7,9-10H,8H2,1-3H3. The Balaban J connectivity index is 1.99. The fraction of sp³-hybridized carbons (Fsp3) is 0.238. The molecule has 1 aliphatic carbocycles. The van der Waals surface area contributed by atoms with Gasteiger partial charge in [0.1, 0.15) is 0 Å². The maximum Gasteiger partial charge on any atom is 0.416 e. The highest BCUT2D eigenvalue weighted by Crippen LogP contribution is 2.37. The van der Waals surface area contributed by atoms with Crippen LogP contribution >= 0.6 is 0 Å². The Labute approximate surface area is 159 Å². The summed E-state index contributed by atoms with van der Waals surface area (Å²) >= 11 is 0. The number of hydrogen-bond donors (Lipinski definition) is 0. The minimum atomic E-state index is -4.43. The molecule has 146 valence electrons. The quantitative estimate of drug-likeness (QED) is 0.762. The number of alkyl halides is 3. The van der Waals surface area contributed by atoms with Gasteiger partial charge in [0, 0.05) is 28.7 Å². The molecule has 2 aromatic rings. The van der Waals surface area contributed by atoms with Crippen LogP contribution in [0.4, 0.5) is 13.2 Å². The second-order valence-corrected chi connectivity index (χ2v) is 6.39. The fourth-order valence-electron chi connectivity index (χ4n) is 3.16. The lowest BCUT2D eigenvalue weighted by molar-refractivity contribution is -0.137. The number of rotatable bonds is 4. The van der Waals surface area contributed by atoms with Crippen LogP contribution in [0.2, 0.25) is 0 Å². The number of ether oxygens (including phenoxy) is 2. The van der Waals surface area contributed by atoms with Crippen molar-refractivity contribution in [2.24, 2.45) is 0 Å². The molecular weight excluding hydrogens is 373 g/mol. The molecule has 0 amide bonds. The highest BCUT2D eigenvalue weighted by Gasteiger charge is 2.32. The first kappa shape index (κ1) is 19.7. The zero-order chi connectivity index (χ0) is 20.6. The largest absolute Gasteiger partial charge is 0.493 e. The van der Waals surface area contributed by atoms with Gasteiger partial charge in [0.2, 0.25) is 0 Å². The highest BCUT2D eigenvalue weighted by atomic mass is 19.4. The monoisotopic (exact) mass is 390 g/mol. The van der Waals surface area contributed by atoms with Crippen LogP contribution in [-0.4, -0.2) is 25.8 Å². The van der Waals surface area contributed by atoms with Crippen LogP contribution in [-0.2, 0) is 12.6 Å². The molecule has 3 rings (SSSR count). The lowest BCUT2D eigenvalue weighted by Gasteiger charge is -2.21. The van der Waals surface area contributed by atoms with E-state index in [1.54, 1.807) is 6.92 Å². The molecule has 0 atom stereocenters. The number of methoxy groups -OCH3 is 2. The van der Waals surface area contributed by atoms with E-state index in [9.17, 15) is 22.8 Å². The van der Waals surface area contributed by atoms with Gasteiger partial charge in [0.15, 0.2) is 23.1 Å². The molecule has 0 bridgehead atoms. The summed E-state index contributed by atoms with van der Waals surface area (Å²) in [7, 11) is 2.85. The normalized spacial score (nSPS) is 14.2. The van der Waals surface area contributed by atoms with Gasteiger partial charge >= 0.3 is 6.18 Å². The molecule has 0 N–H and O–H groups in total. The number of carbonyl (C=O) groups excluding carboxylic acids is 2. The Morgan fingerprint density at radius 3 is 1.82 bits per heavy atom. The average Bonchev–Trinajstić information content (AvgIpc) is 2.68. The lowest BCUT2D eigenvalue weighted by Crippen LogP contribution is -2.22. The summed E-state index contributed by atoms with van der Waals surface area (Å²) in [5, 5.41) is 0. The van der Waals surface area contributed by atoms with Gasteiger partial charge < -0.3 is 9.47 Å². The Hall–Kier alpha value is -3.09. The third-order valence-electron chi connectivity index (χ3n) is 4.74. The van der Waals surface area contributed by atoms with Crippen molar-refractivity contribution in [1.82, 2.24) is 0 Å². The van der Waals surface area contributed by atoms with Crippen LogP contribution in [0, 0.1) is 0 Å². The molecule has 28 heavy (non-hydrogen) atoms. The van der Waals surface area contributed by atoms with Gasteiger partial charge in [0.25, 0.3) is 0 Å². The number of allylic oxidation sites excluding steroid dienone is 2. The van der Waals surface area contributed by atoms with Gasteiger partial charge in [-0.2, -0.15) is 13.2 Å². The van der Waals surface area contributed by atoms with Crippen molar-refractivity contribution in [1.29, 1.82) is 0 Å². The second-order valence-electron chi connectivity index (χ2n) is 6.39. The maximum absolute atomic E-state index is 13.0. The van der Waals surface area contributed by atoms with E-state index in [4.69, 9.17) is 9.47 Å². The first-order valence-electron chi connectivity index (χ1n) is 8.38. The molecule has 0 aromatic heterocycles. The summed E-state index contributed by atoms with van der Waals surface area (Å²) in [5.41, 5.74) is 0.670. The molecule has 0 unspecified atom stereocenters. The predicted molar refractivity (Wildman–Crippen MR) is 96.1 cm³/mol. The average molecular weight is 390 g/mol. The van der Waals surface area contributed by atoms with Crippen molar-refractivity contribution in [3.05, 3.63) is 69.8 Å². The van der Waals surface area contributed by atoms with Crippen molar-refractivity contribution < 1.29 is 32.2 Å². The second kappa shape index (κ2) is 7.14. The molecule has 7 heteroatoms. The van der Waals surface area contributed by atoms with Crippen LogP contribution in [0.3, 0.4) is 0 Å². The molecule has 0 radical (unpaired) electrons. The van der Waals surface area contributed by atoms with E-state index < -0.39 is 11.7 Å². The van der Waals surface area contributed by atoms with Crippen molar-refractivity contribution >= 4 is 11.6 Å². The van der Waals surface area contributed by atoms with E-state index in [1.165, 1.54) is 38.5 Å². The minimum absolute atomic E-state index is 0.0579. The Morgan fingerprint density at radius 1 is 0.857 bits per heavy atom. The van der Waals surface area contributed by atoms with Gasteiger partial charge in [-0.3, -0.25) is 9.59 Å². The molecule has 0 saturated carbocycles. The Morgan fingerprint density at radius 2 is 1.36 bits per heavy atom. The van der Waals surface area contributed by atoms with Crippen LogP contribution in [0.15, 0.2) is 47.5 Å². The van der Waals surface area contributed by atoms with E-state index in [0.717, 1.165) is 12.1 Å². The third kappa shape index (κ3) is 3.40. The number of halogens is 3. The molecule has 0 saturated heterocycles. The van der Waals surface area contributed by atoms with E-state index in [2.05, 4.69) is 0 Å². The number of carbonyl (C=O) groups is 2. The number of ketones is 2. The van der Waals surface area contributed by atoms with Crippen molar-refractivity contribution in [3.8, 4) is 11.5 Å². The SMILES string of the molecule is COc1cc2c(cc1OC)C(=O)C(Cc1ccc(C(F)(F)F)cc1)=C(C)C2=O. The van der Waals surface area contributed by atoms with Crippen LogP contribution in [0.5, 0.6) is 11.5 Å². The van der Waals surface area contributed by atoms with E-state index in [1.807, 2.05) is 0 Å². The van der Waals surface area contributed by atoms with E-state index in [-0.39, 0.29) is 40.3 Å². The third-order valence-corrected chi connectivity index (χ3v) is 4.74. The zero-order valence-electron chi connectivity index (χ0n) is 15.4. The molecular formula is C21H17F3O4. The summed E-state index contributed by atoms with van der Waals surface area (Å²) in [6, 6.07) is 7.46. The summed E-state index contributed by atoms with van der Waals surface area (Å²) in [5.74, 6) is -0.0253. The number of Topliss-reactive ketones (excluding diaryl/α,β-unsaturated/α-hetero) is 2. The summed E-state index contributed by atoms with van der Waals surface area (Å²) in [4.78, 5) is 25.7. The van der Waals surface area contributed by atoms with Gasteiger partial charge in [-0.15, -0.1) is 0 Å². The molecule has 0 heterocycles. The minimum Gasteiger partial charge on any atom is -0.493 e. The van der Waals surface area contributed by atoms with Crippen LogP contribution < -0.4 is 9.47 Å². The van der Waals surface area contributed by atoms with Crippen molar-refractivity contribution in [2.45, 2.75) is 19.5 Å². The van der Waals surface area contributed by atoms with Gasteiger partial charge in [-0.1, -0.05) is 12.1 Å². The maximum atomic E-state index is 13.0. The molecule has 0 fully saturated rings. The van der Waals surface area contributed by atoms with Crippen molar-refractivity contribution in [2.75, 3.05) is 14.2 Å². The topological polar surface area (TPSA) is 52.6 Å². The molecule has 4 nitrogen and oxygen atoms in total. The van der Waals surface area contributed by atoms with Gasteiger partial charge in [0.05, 0.1) is 19.8 Å². The summed E-state index contributed by atoms with van der Waals surface area (Å²) < 4.78 is 48.6. The predicted octanol–water partition coefficient (Wildman–Crippen LogP) is 4.66. The van der Waals surface area contributed by atoms with Crippen LogP contribution in [0.25, 0.3) is 0 Å². The molecule has 2 aromatic carbocycles. The summed E-state index contributed by atoms with van der Waals surface area (Å²) in [6.45, 7) is 1.54. The Bertz CT molecular complexity index is 986. The molecule has 0 spiro atoms. The lowest BCUT2D eigenvalue weighted by atomic mass is 9.82. The van der Waals surface area contributed by atoms with E-state index in [0.29, 0.717) is 17.1 Å². The van der Waals surface area contributed by atoms with Gasteiger partial charge in [-0.25, -0.2) is 0 Å². The molecule has 1 aliphatic rings. The smallest absolute Gasteiger partial charge is 0.416 e. The van der Waals surface area contributed by atoms with Gasteiger partial charge in [-0.05, 0) is 36.8 Å². The zero-order valence-corrected chi connectivity index (χ0v) is 15.4. The first-order chi connectivity index (χ1) is 13.2. The fourth-order valence-corrected chi connectivity index (χ4v) is 3.16.